The second-order valence-electron chi connectivity index (χ2n) is 3.37. The van der Waals surface area contributed by atoms with Gasteiger partial charge in [-0.25, -0.2) is 0 Å². The quantitative estimate of drug-likeness (QED) is 0.450. The molecule has 0 aliphatic heterocycles. The molecule has 0 bridgehead atoms. The minimum absolute atomic E-state index is 0.270. The van der Waals surface area contributed by atoms with Crippen LogP contribution in [0.1, 0.15) is 19.4 Å². The molecule has 0 heterocycles. The number of oxime groups is 1. The number of hydrogen-bond acceptors (Lipinski definition) is 4. The highest BCUT2D eigenvalue weighted by atomic mass is 16.5. The number of rotatable bonds is 4. The van der Waals surface area contributed by atoms with Gasteiger partial charge in [0.1, 0.15) is 12.4 Å². The Kier molecular flexibility index (Phi) is 4.12. The van der Waals surface area contributed by atoms with E-state index in [-0.39, 0.29) is 6.61 Å². The maximum atomic E-state index is 9.02. The lowest BCUT2D eigenvalue weighted by Gasteiger charge is -2.08. The van der Waals surface area contributed by atoms with Crippen molar-refractivity contribution in [2.24, 2.45) is 5.16 Å². The zero-order chi connectivity index (χ0) is 11.3. The van der Waals surface area contributed by atoms with Gasteiger partial charge in [-0.2, -0.15) is 0 Å². The molecule has 1 atom stereocenters. The van der Waals surface area contributed by atoms with Gasteiger partial charge >= 0.3 is 0 Å². The molecule has 0 saturated heterocycles. The van der Waals surface area contributed by atoms with Crippen LogP contribution in [0.4, 0.5) is 0 Å². The molecule has 0 spiro atoms. The molecule has 0 saturated carbocycles. The lowest BCUT2D eigenvalue weighted by atomic mass is 10.1. The predicted octanol–water partition coefficient (Wildman–Crippen LogP) is 1.64. The van der Waals surface area contributed by atoms with E-state index in [2.05, 4.69) is 5.16 Å². The van der Waals surface area contributed by atoms with Gasteiger partial charge in [0.05, 0.1) is 11.8 Å². The average molecular weight is 209 g/mol. The molecular formula is C11H15NO3. The molecule has 1 aromatic carbocycles. The van der Waals surface area contributed by atoms with E-state index in [1.807, 2.05) is 0 Å². The van der Waals surface area contributed by atoms with Crippen LogP contribution in [0.3, 0.4) is 0 Å². The van der Waals surface area contributed by atoms with E-state index in [9.17, 15) is 0 Å². The first-order valence-corrected chi connectivity index (χ1v) is 4.73. The summed E-state index contributed by atoms with van der Waals surface area (Å²) in [4.78, 5) is 0. The minimum atomic E-state index is -0.481. The van der Waals surface area contributed by atoms with Crippen LogP contribution in [0.2, 0.25) is 0 Å². The molecule has 2 N–H and O–H groups in total. The first-order valence-electron chi connectivity index (χ1n) is 4.73. The lowest BCUT2D eigenvalue weighted by Crippen LogP contribution is -2.12. The third kappa shape index (κ3) is 3.59. The summed E-state index contributed by atoms with van der Waals surface area (Å²) in [7, 11) is 0. The molecule has 0 radical (unpaired) electrons. The van der Waals surface area contributed by atoms with Crippen molar-refractivity contribution >= 4 is 5.71 Å². The number of aliphatic hydroxyl groups excluding tert-OH is 1. The Bertz CT molecular complexity index is 330. The predicted molar refractivity (Wildman–Crippen MR) is 57.6 cm³/mol. The maximum absolute atomic E-state index is 9.02. The third-order valence-corrected chi connectivity index (χ3v) is 1.91. The zero-order valence-corrected chi connectivity index (χ0v) is 8.84. The Morgan fingerprint density at radius 1 is 1.40 bits per heavy atom. The molecule has 0 amide bonds. The molecular weight excluding hydrogens is 194 g/mol. The minimum Gasteiger partial charge on any atom is -0.491 e. The Morgan fingerprint density at radius 3 is 2.47 bits per heavy atom. The average Bonchev–Trinajstić information content (AvgIpc) is 2.26. The molecule has 0 aliphatic rings. The molecule has 4 heteroatoms. The summed E-state index contributed by atoms with van der Waals surface area (Å²) in [6, 6.07) is 7.14. The molecule has 1 unspecified atom stereocenters. The fourth-order valence-electron chi connectivity index (χ4n) is 1.07. The van der Waals surface area contributed by atoms with Crippen molar-refractivity contribution in [2.45, 2.75) is 20.0 Å². The van der Waals surface area contributed by atoms with Crippen LogP contribution in [-0.4, -0.2) is 28.7 Å². The highest BCUT2D eigenvalue weighted by molar-refractivity contribution is 5.98. The number of ether oxygens (including phenoxy) is 1. The van der Waals surface area contributed by atoms with Crippen LogP contribution in [-0.2, 0) is 0 Å². The van der Waals surface area contributed by atoms with E-state index >= 15 is 0 Å². The summed E-state index contributed by atoms with van der Waals surface area (Å²) in [5.41, 5.74) is 1.39. The first kappa shape index (κ1) is 11.5. The van der Waals surface area contributed by atoms with Crippen LogP contribution < -0.4 is 4.74 Å². The number of hydrogen-bond donors (Lipinski definition) is 2. The van der Waals surface area contributed by atoms with Gasteiger partial charge in [0.15, 0.2) is 0 Å². The van der Waals surface area contributed by atoms with Crippen molar-refractivity contribution in [3.63, 3.8) is 0 Å². The summed E-state index contributed by atoms with van der Waals surface area (Å²) in [6.07, 6.45) is -0.481. The van der Waals surface area contributed by atoms with Crippen LogP contribution in [0.25, 0.3) is 0 Å². The smallest absolute Gasteiger partial charge is 0.119 e. The highest BCUT2D eigenvalue weighted by Gasteiger charge is 2.00. The molecule has 4 nitrogen and oxygen atoms in total. The van der Waals surface area contributed by atoms with Crippen LogP contribution in [0.15, 0.2) is 29.4 Å². The zero-order valence-electron chi connectivity index (χ0n) is 8.84. The van der Waals surface area contributed by atoms with Gasteiger partial charge in [0.25, 0.3) is 0 Å². The Balaban J connectivity index is 2.64. The normalized spacial score (nSPS) is 13.7. The lowest BCUT2D eigenvalue weighted by molar-refractivity contribution is 0.123. The number of benzene rings is 1. The molecule has 15 heavy (non-hydrogen) atoms. The van der Waals surface area contributed by atoms with E-state index in [0.29, 0.717) is 11.5 Å². The second kappa shape index (κ2) is 5.36. The van der Waals surface area contributed by atoms with Crippen LogP contribution in [0.5, 0.6) is 5.75 Å². The van der Waals surface area contributed by atoms with Gasteiger partial charge in [0.2, 0.25) is 0 Å². The van der Waals surface area contributed by atoms with Gasteiger partial charge in [-0.1, -0.05) is 5.16 Å². The summed E-state index contributed by atoms with van der Waals surface area (Å²) >= 11 is 0. The molecule has 0 fully saturated rings. The number of nitrogens with zero attached hydrogens (tertiary/aromatic N) is 1. The van der Waals surface area contributed by atoms with Gasteiger partial charge in [-0.15, -0.1) is 0 Å². The fourth-order valence-corrected chi connectivity index (χ4v) is 1.07. The van der Waals surface area contributed by atoms with E-state index in [1.54, 1.807) is 38.1 Å². The standard InChI is InChI=1S/C11H15NO3/c1-8(13)7-15-11-5-3-10(4-6-11)9(2)12-14/h3-6,8,13-14H,7H2,1-2H3/b12-9+. The largest absolute Gasteiger partial charge is 0.491 e. The van der Waals surface area contributed by atoms with E-state index in [0.717, 1.165) is 5.56 Å². The van der Waals surface area contributed by atoms with Gasteiger partial charge < -0.3 is 15.1 Å². The van der Waals surface area contributed by atoms with Crippen molar-refractivity contribution in [2.75, 3.05) is 6.61 Å². The molecule has 1 aromatic rings. The van der Waals surface area contributed by atoms with Crippen LogP contribution in [0, 0.1) is 0 Å². The van der Waals surface area contributed by atoms with Crippen LogP contribution >= 0.6 is 0 Å². The first-order chi connectivity index (χ1) is 7.13. The summed E-state index contributed by atoms with van der Waals surface area (Å²) in [6.45, 7) is 3.65. The second-order valence-corrected chi connectivity index (χ2v) is 3.37. The highest BCUT2D eigenvalue weighted by Crippen LogP contribution is 2.13. The topological polar surface area (TPSA) is 62.1 Å². The molecule has 82 valence electrons. The third-order valence-electron chi connectivity index (χ3n) is 1.91. The molecule has 0 aliphatic carbocycles. The van der Waals surface area contributed by atoms with Gasteiger partial charge in [0, 0.05) is 0 Å². The molecule has 0 aromatic heterocycles. The van der Waals surface area contributed by atoms with Crippen molar-refractivity contribution < 1.29 is 15.1 Å². The van der Waals surface area contributed by atoms with Gasteiger partial charge in [-0.05, 0) is 43.7 Å². The molecule has 1 rings (SSSR count). The number of aliphatic hydroxyl groups is 1. The van der Waals surface area contributed by atoms with E-state index in [1.165, 1.54) is 0 Å². The van der Waals surface area contributed by atoms with E-state index < -0.39 is 6.10 Å². The van der Waals surface area contributed by atoms with Crippen molar-refractivity contribution in [3.8, 4) is 5.75 Å². The van der Waals surface area contributed by atoms with Gasteiger partial charge in [-0.3, -0.25) is 0 Å². The summed E-state index contributed by atoms with van der Waals surface area (Å²) < 4.78 is 5.28. The summed E-state index contributed by atoms with van der Waals surface area (Å²) in [5, 5.41) is 20.7. The SMILES string of the molecule is C/C(=N\O)c1ccc(OCC(C)O)cc1. The van der Waals surface area contributed by atoms with Crippen molar-refractivity contribution in [3.05, 3.63) is 29.8 Å². The van der Waals surface area contributed by atoms with Crippen molar-refractivity contribution in [1.82, 2.24) is 0 Å². The van der Waals surface area contributed by atoms with E-state index in [4.69, 9.17) is 15.1 Å². The Morgan fingerprint density at radius 2 is 2.00 bits per heavy atom. The van der Waals surface area contributed by atoms with Crippen molar-refractivity contribution in [1.29, 1.82) is 0 Å². The Labute approximate surface area is 88.8 Å². The monoisotopic (exact) mass is 209 g/mol. The maximum Gasteiger partial charge on any atom is 0.119 e. The Hall–Kier alpha value is -1.55. The summed E-state index contributed by atoms with van der Waals surface area (Å²) in [5.74, 6) is 0.686. The fraction of sp³-hybridized carbons (Fsp3) is 0.364.